The lowest BCUT2D eigenvalue weighted by Gasteiger charge is -2.08. The minimum Gasteiger partial charge on any atom is -0.494 e. The molecule has 0 aliphatic heterocycles. The van der Waals surface area contributed by atoms with Gasteiger partial charge in [-0.05, 0) is 37.6 Å². The average molecular weight is 253 g/mol. The minimum atomic E-state index is 0.697. The molecule has 1 N–H and O–H groups in total. The molecule has 0 saturated heterocycles. The van der Waals surface area contributed by atoms with E-state index in [2.05, 4.69) is 5.32 Å². The molecule has 0 radical (unpaired) electrons. The fraction of sp³-hybridized carbons (Fsp3) is 0.571. The Labute approximate surface area is 109 Å². The molecule has 18 heavy (non-hydrogen) atoms. The predicted octanol–water partition coefficient (Wildman–Crippen LogP) is 2.55. The highest BCUT2D eigenvalue weighted by Gasteiger charge is 1.94. The van der Waals surface area contributed by atoms with Crippen molar-refractivity contribution in [2.75, 3.05) is 45.4 Å². The van der Waals surface area contributed by atoms with Gasteiger partial charge in [0.15, 0.2) is 0 Å². The number of benzene rings is 1. The third kappa shape index (κ3) is 6.47. The molecule has 0 unspecified atom stereocenters. The monoisotopic (exact) mass is 253 g/mol. The maximum atomic E-state index is 5.45. The van der Waals surface area contributed by atoms with E-state index in [-0.39, 0.29) is 0 Å². The number of ether oxygens (including phenoxy) is 3. The quantitative estimate of drug-likeness (QED) is 0.650. The van der Waals surface area contributed by atoms with Gasteiger partial charge in [-0.1, -0.05) is 0 Å². The van der Waals surface area contributed by atoms with Crippen LogP contribution in [-0.4, -0.2) is 40.1 Å². The Hall–Kier alpha value is -1.26. The molecule has 0 atom stereocenters. The second-order valence-electron chi connectivity index (χ2n) is 3.84. The van der Waals surface area contributed by atoms with Crippen molar-refractivity contribution in [2.45, 2.75) is 13.3 Å². The number of nitrogens with one attached hydrogen (secondary N) is 1. The lowest BCUT2D eigenvalue weighted by atomic mass is 10.3. The van der Waals surface area contributed by atoms with Crippen molar-refractivity contribution in [3.05, 3.63) is 24.3 Å². The van der Waals surface area contributed by atoms with E-state index in [0.717, 1.165) is 37.6 Å². The number of hydrogen-bond donors (Lipinski definition) is 1. The molecular weight excluding hydrogens is 230 g/mol. The highest BCUT2D eigenvalue weighted by Crippen LogP contribution is 2.15. The third-order valence-electron chi connectivity index (χ3n) is 2.38. The zero-order valence-electron chi connectivity index (χ0n) is 11.3. The zero-order valence-corrected chi connectivity index (χ0v) is 11.3. The Balaban J connectivity index is 2.08. The van der Waals surface area contributed by atoms with Gasteiger partial charge in [0.1, 0.15) is 5.75 Å². The first-order valence-corrected chi connectivity index (χ1v) is 6.40. The SMILES string of the molecule is CCOc1ccc(NCCOCCCOC)cc1. The molecule has 0 amide bonds. The van der Waals surface area contributed by atoms with E-state index < -0.39 is 0 Å². The Kier molecular flexibility index (Phi) is 8.01. The largest absolute Gasteiger partial charge is 0.494 e. The van der Waals surface area contributed by atoms with Crippen molar-refractivity contribution in [1.82, 2.24) is 0 Å². The summed E-state index contributed by atoms with van der Waals surface area (Å²) in [6.45, 7) is 5.69. The smallest absolute Gasteiger partial charge is 0.119 e. The van der Waals surface area contributed by atoms with E-state index in [1.165, 1.54) is 0 Å². The van der Waals surface area contributed by atoms with Crippen molar-refractivity contribution >= 4 is 5.69 Å². The van der Waals surface area contributed by atoms with Gasteiger partial charge in [-0.15, -0.1) is 0 Å². The molecular formula is C14H23NO3. The normalized spacial score (nSPS) is 10.3. The summed E-state index contributed by atoms with van der Waals surface area (Å²) in [5.74, 6) is 0.902. The molecule has 4 nitrogen and oxygen atoms in total. The first kappa shape index (κ1) is 14.8. The Morgan fingerprint density at radius 1 is 1.06 bits per heavy atom. The van der Waals surface area contributed by atoms with Gasteiger partial charge in [0.05, 0.1) is 13.2 Å². The highest BCUT2D eigenvalue weighted by molar-refractivity contribution is 5.46. The number of hydrogen-bond acceptors (Lipinski definition) is 4. The maximum absolute atomic E-state index is 5.45. The number of methoxy groups -OCH3 is 1. The van der Waals surface area contributed by atoms with E-state index in [4.69, 9.17) is 14.2 Å². The van der Waals surface area contributed by atoms with Crippen LogP contribution in [0, 0.1) is 0 Å². The second kappa shape index (κ2) is 9.74. The van der Waals surface area contributed by atoms with E-state index >= 15 is 0 Å². The fourth-order valence-electron chi connectivity index (χ4n) is 1.51. The van der Waals surface area contributed by atoms with Crippen LogP contribution in [0.4, 0.5) is 5.69 Å². The molecule has 102 valence electrons. The Bertz CT molecular complexity index is 300. The standard InChI is InChI=1S/C14H23NO3/c1-3-18-14-7-5-13(6-8-14)15-9-12-17-11-4-10-16-2/h5-8,15H,3-4,9-12H2,1-2H3. The summed E-state index contributed by atoms with van der Waals surface area (Å²) >= 11 is 0. The minimum absolute atomic E-state index is 0.697. The predicted molar refractivity (Wildman–Crippen MR) is 73.4 cm³/mol. The van der Waals surface area contributed by atoms with Crippen LogP contribution in [0.2, 0.25) is 0 Å². The zero-order chi connectivity index (χ0) is 13.1. The average Bonchev–Trinajstić information content (AvgIpc) is 2.40. The van der Waals surface area contributed by atoms with E-state index in [0.29, 0.717) is 13.2 Å². The molecule has 0 fully saturated rings. The summed E-state index contributed by atoms with van der Waals surface area (Å²) in [5, 5.41) is 3.29. The molecule has 4 heteroatoms. The maximum Gasteiger partial charge on any atom is 0.119 e. The van der Waals surface area contributed by atoms with Crippen LogP contribution in [0.1, 0.15) is 13.3 Å². The highest BCUT2D eigenvalue weighted by atomic mass is 16.5. The van der Waals surface area contributed by atoms with Crippen LogP contribution in [0.3, 0.4) is 0 Å². The van der Waals surface area contributed by atoms with Gasteiger partial charge in [0.2, 0.25) is 0 Å². The van der Waals surface area contributed by atoms with Crippen molar-refractivity contribution in [3.8, 4) is 5.75 Å². The van der Waals surface area contributed by atoms with Crippen molar-refractivity contribution in [2.24, 2.45) is 0 Å². The Morgan fingerprint density at radius 2 is 1.83 bits per heavy atom. The van der Waals surface area contributed by atoms with E-state index in [1.54, 1.807) is 7.11 Å². The van der Waals surface area contributed by atoms with Crippen LogP contribution in [-0.2, 0) is 9.47 Å². The summed E-state index contributed by atoms with van der Waals surface area (Å²) in [6, 6.07) is 7.95. The van der Waals surface area contributed by atoms with Crippen LogP contribution < -0.4 is 10.1 Å². The summed E-state index contributed by atoms with van der Waals surface area (Å²) in [4.78, 5) is 0. The molecule has 0 saturated carbocycles. The molecule has 0 spiro atoms. The van der Waals surface area contributed by atoms with Crippen molar-refractivity contribution in [3.63, 3.8) is 0 Å². The van der Waals surface area contributed by atoms with Crippen molar-refractivity contribution in [1.29, 1.82) is 0 Å². The summed E-state index contributed by atoms with van der Waals surface area (Å²) in [5.41, 5.74) is 1.08. The molecule has 0 heterocycles. The second-order valence-corrected chi connectivity index (χ2v) is 3.84. The first-order valence-electron chi connectivity index (χ1n) is 6.40. The van der Waals surface area contributed by atoms with Gasteiger partial charge in [-0.25, -0.2) is 0 Å². The fourth-order valence-corrected chi connectivity index (χ4v) is 1.51. The summed E-state index contributed by atoms with van der Waals surface area (Å²) in [7, 11) is 1.70. The third-order valence-corrected chi connectivity index (χ3v) is 2.38. The van der Waals surface area contributed by atoms with Crippen LogP contribution in [0.15, 0.2) is 24.3 Å². The van der Waals surface area contributed by atoms with Gasteiger partial charge < -0.3 is 19.5 Å². The molecule has 1 aromatic carbocycles. The number of anilines is 1. The van der Waals surface area contributed by atoms with Crippen molar-refractivity contribution < 1.29 is 14.2 Å². The molecule has 0 aromatic heterocycles. The lowest BCUT2D eigenvalue weighted by molar-refractivity contribution is 0.109. The molecule has 0 bridgehead atoms. The van der Waals surface area contributed by atoms with Gasteiger partial charge in [0.25, 0.3) is 0 Å². The van der Waals surface area contributed by atoms with Gasteiger partial charge in [-0.3, -0.25) is 0 Å². The van der Waals surface area contributed by atoms with Crippen LogP contribution in [0.25, 0.3) is 0 Å². The number of rotatable bonds is 10. The lowest BCUT2D eigenvalue weighted by Crippen LogP contribution is -2.10. The molecule has 0 aliphatic rings. The molecule has 1 rings (SSSR count). The van der Waals surface area contributed by atoms with Gasteiger partial charge >= 0.3 is 0 Å². The molecule has 0 aliphatic carbocycles. The van der Waals surface area contributed by atoms with E-state index in [1.807, 2.05) is 31.2 Å². The summed E-state index contributed by atoms with van der Waals surface area (Å²) < 4.78 is 15.8. The Morgan fingerprint density at radius 3 is 2.50 bits per heavy atom. The first-order chi connectivity index (χ1) is 8.86. The van der Waals surface area contributed by atoms with Crippen LogP contribution >= 0.6 is 0 Å². The summed E-state index contributed by atoms with van der Waals surface area (Å²) in [6.07, 6.45) is 0.944. The topological polar surface area (TPSA) is 39.7 Å². The van der Waals surface area contributed by atoms with Crippen LogP contribution in [0.5, 0.6) is 5.75 Å². The van der Waals surface area contributed by atoms with Gasteiger partial charge in [-0.2, -0.15) is 0 Å². The van der Waals surface area contributed by atoms with Gasteiger partial charge in [0, 0.05) is 32.6 Å². The van der Waals surface area contributed by atoms with E-state index in [9.17, 15) is 0 Å². The molecule has 1 aromatic rings.